The Balaban J connectivity index is 2.16. The standard InChI is InChI=1S/C14H14N2O3/c1-16-8-7-11(14(18)19)9-12(16)15-13(17)10-5-3-2-4-6-10/h2-7,9H,8H2,1H3,(H,15,17)(H,18,19). The number of benzene rings is 1. The van der Waals surface area contributed by atoms with Gasteiger partial charge < -0.3 is 15.3 Å². The van der Waals surface area contributed by atoms with Gasteiger partial charge in [0.2, 0.25) is 0 Å². The summed E-state index contributed by atoms with van der Waals surface area (Å²) >= 11 is 0. The molecule has 1 aliphatic rings. The second-order valence-electron chi connectivity index (χ2n) is 4.19. The van der Waals surface area contributed by atoms with E-state index in [-0.39, 0.29) is 11.5 Å². The molecular weight excluding hydrogens is 244 g/mol. The molecule has 0 radical (unpaired) electrons. The summed E-state index contributed by atoms with van der Waals surface area (Å²) in [7, 11) is 1.78. The summed E-state index contributed by atoms with van der Waals surface area (Å²) in [4.78, 5) is 24.7. The van der Waals surface area contributed by atoms with E-state index >= 15 is 0 Å². The van der Waals surface area contributed by atoms with E-state index in [1.165, 1.54) is 6.08 Å². The molecule has 2 rings (SSSR count). The van der Waals surface area contributed by atoms with E-state index < -0.39 is 5.97 Å². The SMILES string of the molecule is CN1CC=C(C(=O)O)C=C1NC(=O)c1ccccc1. The van der Waals surface area contributed by atoms with Gasteiger partial charge in [0.15, 0.2) is 0 Å². The Hall–Kier alpha value is -2.56. The fourth-order valence-electron chi connectivity index (χ4n) is 1.71. The maximum atomic E-state index is 12.0. The van der Waals surface area contributed by atoms with Crippen molar-refractivity contribution < 1.29 is 14.7 Å². The van der Waals surface area contributed by atoms with Gasteiger partial charge in [-0.05, 0) is 18.2 Å². The first kappa shape index (κ1) is 12.9. The molecule has 5 nitrogen and oxygen atoms in total. The van der Waals surface area contributed by atoms with Gasteiger partial charge in [-0.25, -0.2) is 4.79 Å². The smallest absolute Gasteiger partial charge is 0.335 e. The Morgan fingerprint density at radius 1 is 1.26 bits per heavy atom. The summed E-state index contributed by atoms with van der Waals surface area (Å²) in [5.41, 5.74) is 0.713. The van der Waals surface area contributed by atoms with Gasteiger partial charge in [-0.15, -0.1) is 0 Å². The second-order valence-corrected chi connectivity index (χ2v) is 4.19. The van der Waals surface area contributed by atoms with Crippen LogP contribution >= 0.6 is 0 Å². The van der Waals surface area contributed by atoms with Crippen LogP contribution in [0, 0.1) is 0 Å². The zero-order valence-electron chi connectivity index (χ0n) is 10.5. The molecule has 0 saturated carbocycles. The first-order valence-electron chi connectivity index (χ1n) is 5.80. The second kappa shape index (κ2) is 5.39. The maximum Gasteiger partial charge on any atom is 0.335 e. The molecule has 0 bridgehead atoms. The third kappa shape index (κ3) is 3.01. The lowest BCUT2D eigenvalue weighted by Crippen LogP contribution is -2.35. The average molecular weight is 258 g/mol. The number of nitrogens with one attached hydrogen (secondary N) is 1. The molecule has 0 unspecified atom stereocenters. The zero-order chi connectivity index (χ0) is 13.8. The summed E-state index contributed by atoms with van der Waals surface area (Å²) in [5.74, 6) is -0.779. The van der Waals surface area contributed by atoms with Gasteiger partial charge in [0.05, 0.1) is 5.57 Å². The normalized spacial score (nSPS) is 14.5. The summed E-state index contributed by atoms with van der Waals surface area (Å²) < 4.78 is 0. The number of carboxylic acid groups (broad SMARTS) is 1. The average Bonchev–Trinajstić information content (AvgIpc) is 2.42. The van der Waals surface area contributed by atoms with Crippen molar-refractivity contribution in [1.82, 2.24) is 10.2 Å². The van der Waals surface area contributed by atoms with Crippen molar-refractivity contribution in [3.63, 3.8) is 0 Å². The largest absolute Gasteiger partial charge is 0.478 e. The Bertz CT molecular complexity index is 561. The van der Waals surface area contributed by atoms with Gasteiger partial charge in [0.25, 0.3) is 5.91 Å². The molecular formula is C14H14N2O3. The molecule has 1 aromatic carbocycles. The number of rotatable bonds is 3. The molecule has 1 aromatic rings. The first-order valence-corrected chi connectivity index (χ1v) is 5.80. The van der Waals surface area contributed by atoms with E-state index in [2.05, 4.69) is 5.32 Å². The van der Waals surface area contributed by atoms with Gasteiger partial charge >= 0.3 is 5.97 Å². The van der Waals surface area contributed by atoms with Gasteiger partial charge in [-0.2, -0.15) is 0 Å². The minimum Gasteiger partial charge on any atom is -0.478 e. The lowest BCUT2D eigenvalue weighted by molar-refractivity contribution is -0.132. The predicted molar refractivity (Wildman–Crippen MR) is 70.3 cm³/mol. The maximum absolute atomic E-state index is 12.0. The highest BCUT2D eigenvalue weighted by Gasteiger charge is 2.17. The number of carbonyl (C=O) groups excluding carboxylic acids is 1. The highest BCUT2D eigenvalue weighted by atomic mass is 16.4. The highest BCUT2D eigenvalue weighted by Crippen LogP contribution is 2.12. The van der Waals surface area contributed by atoms with Crippen LogP contribution in [-0.2, 0) is 4.79 Å². The third-order valence-electron chi connectivity index (χ3n) is 2.81. The van der Waals surface area contributed by atoms with Crippen LogP contribution in [0.3, 0.4) is 0 Å². The van der Waals surface area contributed by atoms with Crippen molar-refractivity contribution in [2.24, 2.45) is 0 Å². The van der Waals surface area contributed by atoms with Gasteiger partial charge in [-0.3, -0.25) is 4.79 Å². The third-order valence-corrected chi connectivity index (χ3v) is 2.81. The number of likely N-dealkylation sites (N-methyl/N-ethyl adjacent to an activating group) is 1. The molecule has 0 aromatic heterocycles. The van der Waals surface area contributed by atoms with Crippen LogP contribution in [0.25, 0.3) is 0 Å². The summed E-state index contributed by atoms with van der Waals surface area (Å²) in [6.45, 7) is 0.447. The molecule has 1 heterocycles. The lowest BCUT2D eigenvalue weighted by atomic mass is 10.1. The molecule has 19 heavy (non-hydrogen) atoms. The van der Waals surface area contributed by atoms with Gasteiger partial charge in [0.1, 0.15) is 5.82 Å². The number of hydrogen-bond donors (Lipinski definition) is 2. The predicted octanol–water partition coefficient (Wildman–Crippen LogP) is 1.21. The number of aliphatic carboxylic acids is 1. The van der Waals surface area contributed by atoms with Gasteiger partial charge in [-0.1, -0.05) is 24.3 Å². The van der Waals surface area contributed by atoms with E-state index in [0.717, 1.165) is 0 Å². The van der Waals surface area contributed by atoms with Crippen LogP contribution in [0.4, 0.5) is 0 Å². The van der Waals surface area contributed by atoms with E-state index in [1.54, 1.807) is 42.3 Å². The Kier molecular flexibility index (Phi) is 3.66. The molecule has 5 heteroatoms. The van der Waals surface area contributed by atoms with Crippen molar-refractivity contribution in [3.05, 3.63) is 59.4 Å². The number of carboxylic acids is 1. The van der Waals surface area contributed by atoms with Crippen LogP contribution in [0.2, 0.25) is 0 Å². The van der Waals surface area contributed by atoms with Crippen molar-refractivity contribution in [1.29, 1.82) is 0 Å². The van der Waals surface area contributed by atoms with Crippen LogP contribution in [0.5, 0.6) is 0 Å². The van der Waals surface area contributed by atoms with Crippen molar-refractivity contribution in [2.75, 3.05) is 13.6 Å². The minimum atomic E-state index is -1.00. The molecule has 0 fully saturated rings. The molecule has 98 valence electrons. The minimum absolute atomic E-state index is 0.182. The van der Waals surface area contributed by atoms with Crippen LogP contribution in [-0.4, -0.2) is 35.5 Å². The van der Waals surface area contributed by atoms with Crippen molar-refractivity contribution in [3.8, 4) is 0 Å². The highest BCUT2D eigenvalue weighted by molar-refractivity contribution is 5.96. The molecule has 0 saturated heterocycles. The lowest BCUT2D eigenvalue weighted by Gasteiger charge is -2.25. The number of hydrogen-bond acceptors (Lipinski definition) is 3. The van der Waals surface area contributed by atoms with Gasteiger partial charge in [0, 0.05) is 19.2 Å². The first-order chi connectivity index (χ1) is 9.08. The quantitative estimate of drug-likeness (QED) is 0.855. The van der Waals surface area contributed by atoms with E-state index in [9.17, 15) is 9.59 Å². The fourth-order valence-corrected chi connectivity index (χ4v) is 1.71. The van der Waals surface area contributed by atoms with Crippen molar-refractivity contribution in [2.45, 2.75) is 0 Å². The molecule has 0 aliphatic carbocycles. The van der Waals surface area contributed by atoms with Crippen LogP contribution < -0.4 is 5.32 Å². The van der Waals surface area contributed by atoms with Crippen molar-refractivity contribution >= 4 is 11.9 Å². The van der Waals surface area contributed by atoms with Crippen LogP contribution in [0.1, 0.15) is 10.4 Å². The topological polar surface area (TPSA) is 69.6 Å². The number of amides is 1. The number of nitrogens with zero attached hydrogens (tertiary/aromatic N) is 1. The fraction of sp³-hybridized carbons (Fsp3) is 0.143. The summed E-state index contributed by atoms with van der Waals surface area (Å²) in [6, 6.07) is 8.78. The van der Waals surface area contributed by atoms with E-state index in [1.807, 2.05) is 6.07 Å². The molecule has 2 N–H and O–H groups in total. The Morgan fingerprint density at radius 3 is 2.58 bits per heavy atom. The molecule has 1 aliphatic heterocycles. The molecule has 1 amide bonds. The summed E-state index contributed by atoms with van der Waals surface area (Å²) in [5, 5.41) is 11.7. The molecule has 0 spiro atoms. The van der Waals surface area contributed by atoms with E-state index in [0.29, 0.717) is 17.9 Å². The zero-order valence-corrected chi connectivity index (χ0v) is 10.5. The van der Waals surface area contributed by atoms with Crippen LogP contribution in [0.15, 0.2) is 53.9 Å². The number of carbonyl (C=O) groups is 2. The van der Waals surface area contributed by atoms with E-state index in [4.69, 9.17) is 5.11 Å². The Labute approximate surface area is 110 Å². The summed E-state index contributed by atoms with van der Waals surface area (Å²) in [6.07, 6.45) is 3.05. The monoisotopic (exact) mass is 258 g/mol. The molecule has 0 atom stereocenters. The Morgan fingerprint density at radius 2 is 1.95 bits per heavy atom.